The largest absolute Gasteiger partial charge is 0.490 e. The Morgan fingerprint density at radius 2 is 2.17 bits per heavy atom. The summed E-state index contributed by atoms with van der Waals surface area (Å²) in [6.45, 7) is 6.07. The highest BCUT2D eigenvalue weighted by molar-refractivity contribution is 5.76. The van der Waals surface area contributed by atoms with Gasteiger partial charge in [-0.05, 0) is 25.5 Å². The van der Waals surface area contributed by atoms with Crippen LogP contribution < -0.4 is 20.5 Å². The standard InChI is InChI=1S/C23H29F3N6O4/c1-14-9-18-21(27-10-14)32-6-5-31(12-16(32)3-8-36-18)19(33)4-7-35-13-15(2)29-17-11-28-30-22(34)20(17)23(24,25)26/h9-11,15-16H,3-8,12-13H2,1-2H3,(H2,29,30,34)/t15-,16-/m0/s1. The number of amides is 1. The highest BCUT2D eigenvalue weighted by atomic mass is 19.4. The number of alkyl halides is 3. The summed E-state index contributed by atoms with van der Waals surface area (Å²) >= 11 is 0. The molecule has 1 saturated heterocycles. The Bertz CT molecular complexity index is 1140. The average Bonchev–Trinajstić information content (AvgIpc) is 2.99. The van der Waals surface area contributed by atoms with E-state index in [9.17, 15) is 22.8 Å². The zero-order valence-corrected chi connectivity index (χ0v) is 20.1. The third-order valence-corrected chi connectivity index (χ3v) is 6.16. The maximum atomic E-state index is 13.2. The smallest absolute Gasteiger partial charge is 0.423 e. The van der Waals surface area contributed by atoms with Crippen molar-refractivity contribution in [2.45, 2.75) is 44.9 Å². The zero-order valence-electron chi connectivity index (χ0n) is 20.1. The van der Waals surface area contributed by atoms with Crippen LogP contribution in [-0.4, -0.2) is 77.5 Å². The number of carbonyl (C=O) groups excluding carboxylic acids is 1. The Morgan fingerprint density at radius 1 is 1.36 bits per heavy atom. The van der Waals surface area contributed by atoms with Crippen molar-refractivity contribution in [3.8, 4) is 5.75 Å². The molecule has 196 valence electrons. The van der Waals surface area contributed by atoms with Gasteiger partial charge in [0.15, 0.2) is 11.6 Å². The fourth-order valence-corrected chi connectivity index (χ4v) is 4.44. The summed E-state index contributed by atoms with van der Waals surface area (Å²) in [7, 11) is 0. The van der Waals surface area contributed by atoms with Crippen LogP contribution in [0.3, 0.4) is 0 Å². The van der Waals surface area contributed by atoms with E-state index in [-0.39, 0.29) is 31.6 Å². The number of nitrogens with zero attached hydrogens (tertiary/aromatic N) is 4. The number of hydrogen-bond donors (Lipinski definition) is 2. The number of aryl methyl sites for hydroxylation is 1. The van der Waals surface area contributed by atoms with Crippen LogP contribution in [0.1, 0.15) is 30.9 Å². The van der Waals surface area contributed by atoms with Crippen molar-refractivity contribution in [3.63, 3.8) is 0 Å². The molecule has 0 unspecified atom stereocenters. The normalized spacial score (nSPS) is 18.5. The predicted octanol–water partition coefficient (Wildman–Crippen LogP) is 2.20. The van der Waals surface area contributed by atoms with E-state index in [4.69, 9.17) is 9.47 Å². The van der Waals surface area contributed by atoms with Gasteiger partial charge in [-0.1, -0.05) is 0 Å². The van der Waals surface area contributed by atoms with Gasteiger partial charge in [-0.15, -0.1) is 0 Å². The lowest BCUT2D eigenvalue weighted by molar-refractivity contribution is -0.138. The number of anilines is 2. The second kappa shape index (κ2) is 10.7. The molecule has 2 aliphatic rings. The number of piperazine rings is 1. The monoisotopic (exact) mass is 510 g/mol. The maximum absolute atomic E-state index is 13.2. The first kappa shape index (κ1) is 25.7. The summed E-state index contributed by atoms with van der Waals surface area (Å²) in [4.78, 5) is 32.9. The Morgan fingerprint density at radius 3 is 2.94 bits per heavy atom. The summed E-state index contributed by atoms with van der Waals surface area (Å²) in [6, 6.07) is 1.54. The highest BCUT2D eigenvalue weighted by Crippen LogP contribution is 2.34. The van der Waals surface area contributed by atoms with Crippen LogP contribution in [0.4, 0.5) is 24.7 Å². The van der Waals surface area contributed by atoms with Gasteiger partial charge in [0, 0.05) is 38.3 Å². The van der Waals surface area contributed by atoms with Gasteiger partial charge in [0.25, 0.3) is 5.56 Å². The molecule has 1 amide bonds. The number of hydrogen-bond acceptors (Lipinski definition) is 8. The number of fused-ring (bicyclic) bond motifs is 3. The molecule has 0 aromatic carbocycles. The molecule has 4 heterocycles. The molecule has 0 aliphatic carbocycles. The molecule has 2 N–H and O–H groups in total. The van der Waals surface area contributed by atoms with Crippen molar-refractivity contribution in [1.82, 2.24) is 20.1 Å². The number of H-pyrrole nitrogens is 1. The van der Waals surface area contributed by atoms with Crippen molar-refractivity contribution in [3.05, 3.63) is 39.9 Å². The Kier molecular flexibility index (Phi) is 7.67. The molecule has 0 bridgehead atoms. The molecule has 2 aliphatic heterocycles. The van der Waals surface area contributed by atoms with E-state index in [1.807, 2.05) is 24.1 Å². The minimum absolute atomic E-state index is 0.0457. The van der Waals surface area contributed by atoms with Crippen molar-refractivity contribution in [1.29, 1.82) is 0 Å². The summed E-state index contributed by atoms with van der Waals surface area (Å²) in [5.41, 5.74) is -2.05. The lowest BCUT2D eigenvalue weighted by atomic mass is 10.1. The summed E-state index contributed by atoms with van der Waals surface area (Å²) < 4.78 is 50.9. The number of nitrogens with one attached hydrogen (secondary N) is 2. The second-order valence-corrected chi connectivity index (χ2v) is 9.01. The number of ether oxygens (including phenoxy) is 2. The molecule has 0 radical (unpaired) electrons. The van der Waals surface area contributed by atoms with Crippen LogP contribution in [0.15, 0.2) is 23.3 Å². The van der Waals surface area contributed by atoms with Gasteiger partial charge in [-0.25, -0.2) is 10.1 Å². The van der Waals surface area contributed by atoms with E-state index >= 15 is 0 Å². The van der Waals surface area contributed by atoms with Crippen molar-refractivity contribution < 1.29 is 27.4 Å². The third-order valence-electron chi connectivity index (χ3n) is 6.16. The lowest BCUT2D eigenvalue weighted by Gasteiger charge is -2.41. The Balaban J connectivity index is 1.24. The van der Waals surface area contributed by atoms with E-state index in [1.54, 1.807) is 12.0 Å². The Hall–Kier alpha value is -3.35. The number of rotatable bonds is 7. The van der Waals surface area contributed by atoms with Gasteiger partial charge in [-0.3, -0.25) is 9.59 Å². The molecule has 36 heavy (non-hydrogen) atoms. The lowest BCUT2D eigenvalue weighted by Crippen LogP contribution is -2.55. The van der Waals surface area contributed by atoms with Gasteiger partial charge < -0.3 is 24.6 Å². The highest BCUT2D eigenvalue weighted by Gasteiger charge is 2.37. The van der Waals surface area contributed by atoms with Gasteiger partial charge >= 0.3 is 6.18 Å². The molecule has 0 spiro atoms. The minimum Gasteiger partial charge on any atom is -0.490 e. The average molecular weight is 511 g/mol. The summed E-state index contributed by atoms with van der Waals surface area (Å²) in [6.07, 6.45) is -1.17. The summed E-state index contributed by atoms with van der Waals surface area (Å²) in [5, 5.41) is 7.83. The van der Waals surface area contributed by atoms with Crippen molar-refractivity contribution >= 4 is 17.4 Å². The maximum Gasteiger partial charge on any atom is 0.423 e. The van der Waals surface area contributed by atoms with E-state index in [0.29, 0.717) is 26.2 Å². The SMILES string of the molecule is Cc1cnc2c(c1)OCC[C@H]1CN(C(=O)CCOC[C@H](C)Nc3cn[nH]c(=O)c3C(F)(F)F)CCN21. The van der Waals surface area contributed by atoms with Crippen LogP contribution in [0.5, 0.6) is 5.75 Å². The van der Waals surface area contributed by atoms with Gasteiger partial charge in [0.1, 0.15) is 5.56 Å². The third kappa shape index (κ3) is 5.89. The topological polar surface area (TPSA) is 113 Å². The van der Waals surface area contributed by atoms with Crippen molar-refractivity contribution in [2.75, 3.05) is 49.7 Å². The number of halogens is 3. The van der Waals surface area contributed by atoms with Crippen LogP contribution in [0.25, 0.3) is 0 Å². The number of carbonyl (C=O) groups is 1. The first-order valence-electron chi connectivity index (χ1n) is 11.8. The second-order valence-electron chi connectivity index (χ2n) is 9.01. The van der Waals surface area contributed by atoms with Crippen LogP contribution in [-0.2, 0) is 15.7 Å². The van der Waals surface area contributed by atoms with Gasteiger partial charge in [0.2, 0.25) is 5.91 Å². The fraction of sp³-hybridized carbons (Fsp3) is 0.565. The van der Waals surface area contributed by atoms with Gasteiger partial charge in [-0.2, -0.15) is 18.3 Å². The molecule has 2 aromatic rings. The van der Waals surface area contributed by atoms with Crippen LogP contribution in [0, 0.1) is 6.92 Å². The molecule has 0 saturated carbocycles. The number of aromatic nitrogens is 3. The Labute approximate surface area is 205 Å². The van der Waals surface area contributed by atoms with Gasteiger partial charge in [0.05, 0.1) is 44.2 Å². The van der Waals surface area contributed by atoms with E-state index in [0.717, 1.165) is 29.7 Å². The molecule has 2 atom stereocenters. The quantitative estimate of drug-likeness (QED) is 0.546. The fourth-order valence-electron chi connectivity index (χ4n) is 4.44. The molecule has 1 fully saturated rings. The molecule has 2 aromatic heterocycles. The van der Waals surface area contributed by atoms with Crippen LogP contribution >= 0.6 is 0 Å². The molecular weight excluding hydrogens is 481 g/mol. The molecule has 13 heteroatoms. The number of aromatic amines is 1. The van der Waals surface area contributed by atoms with E-state index in [2.05, 4.69) is 20.3 Å². The first-order valence-corrected chi connectivity index (χ1v) is 11.8. The summed E-state index contributed by atoms with van der Waals surface area (Å²) in [5.74, 6) is 1.53. The first-order chi connectivity index (χ1) is 17.1. The number of pyridine rings is 1. The van der Waals surface area contributed by atoms with Crippen LogP contribution in [0.2, 0.25) is 0 Å². The van der Waals surface area contributed by atoms with Crippen molar-refractivity contribution in [2.24, 2.45) is 0 Å². The molecule has 10 nitrogen and oxygen atoms in total. The molecule has 4 rings (SSSR count). The van der Waals surface area contributed by atoms with E-state index < -0.39 is 29.0 Å². The van der Waals surface area contributed by atoms with E-state index in [1.165, 1.54) is 0 Å². The predicted molar refractivity (Wildman–Crippen MR) is 125 cm³/mol. The minimum atomic E-state index is -4.82. The molecular formula is C23H29F3N6O4. The zero-order chi connectivity index (χ0) is 25.9.